The SMILES string of the molecule is CCC(C)OC(=O)CC1C(=O)NCCN1C(=O)c1ccc(-c2ccccc2)cc1. The van der Waals surface area contributed by atoms with Gasteiger partial charge in [-0.2, -0.15) is 0 Å². The maximum Gasteiger partial charge on any atom is 0.308 e. The summed E-state index contributed by atoms with van der Waals surface area (Å²) in [6.45, 7) is 4.44. The zero-order valence-electron chi connectivity index (χ0n) is 16.8. The average molecular weight is 394 g/mol. The van der Waals surface area contributed by atoms with Crippen LogP contribution in [0.5, 0.6) is 0 Å². The van der Waals surface area contributed by atoms with Gasteiger partial charge in [0.1, 0.15) is 6.04 Å². The van der Waals surface area contributed by atoms with Gasteiger partial charge in [-0.05, 0) is 36.6 Å². The number of ether oxygens (including phenoxy) is 1. The number of nitrogens with one attached hydrogen (secondary N) is 1. The van der Waals surface area contributed by atoms with Crippen LogP contribution in [0.25, 0.3) is 11.1 Å². The summed E-state index contributed by atoms with van der Waals surface area (Å²) < 4.78 is 5.29. The van der Waals surface area contributed by atoms with Crippen molar-refractivity contribution in [3.05, 3.63) is 60.2 Å². The first kappa shape index (κ1) is 20.6. The molecule has 2 amide bonds. The van der Waals surface area contributed by atoms with Gasteiger partial charge in [0.25, 0.3) is 5.91 Å². The fourth-order valence-corrected chi connectivity index (χ4v) is 3.28. The zero-order valence-corrected chi connectivity index (χ0v) is 16.8. The van der Waals surface area contributed by atoms with Crippen LogP contribution in [0.2, 0.25) is 0 Å². The molecular weight excluding hydrogens is 368 g/mol. The van der Waals surface area contributed by atoms with E-state index in [1.165, 1.54) is 4.90 Å². The van der Waals surface area contributed by atoms with Crippen LogP contribution >= 0.6 is 0 Å². The van der Waals surface area contributed by atoms with Gasteiger partial charge < -0.3 is 15.0 Å². The normalized spacial score (nSPS) is 17.4. The van der Waals surface area contributed by atoms with Crippen LogP contribution in [0.3, 0.4) is 0 Å². The fourth-order valence-electron chi connectivity index (χ4n) is 3.28. The van der Waals surface area contributed by atoms with Gasteiger partial charge in [-0.3, -0.25) is 14.4 Å². The summed E-state index contributed by atoms with van der Waals surface area (Å²) >= 11 is 0. The van der Waals surface area contributed by atoms with Crippen molar-refractivity contribution in [1.29, 1.82) is 0 Å². The molecule has 1 heterocycles. The molecule has 0 aliphatic carbocycles. The molecule has 0 bridgehead atoms. The molecule has 6 nitrogen and oxygen atoms in total. The molecule has 2 unspecified atom stereocenters. The van der Waals surface area contributed by atoms with Gasteiger partial charge >= 0.3 is 5.97 Å². The third-order valence-electron chi connectivity index (χ3n) is 5.10. The van der Waals surface area contributed by atoms with E-state index in [0.29, 0.717) is 25.1 Å². The molecule has 2 aromatic rings. The molecule has 0 saturated carbocycles. The number of hydrogen-bond donors (Lipinski definition) is 1. The first-order chi connectivity index (χ1) is 14.0. The first-order valence-corrected chi connectivity index (χ1v) is 9.93. The van der Waals surface area contributed by atoms with Crippen LogP contribution < -0.4 is 5.32 Å². The lowest BCUT2D eigenvalue weighted by Crippen LogP contribution is -2.57. The standard InChI is InChI=1S/C23H26N2O4/c1-3-16(2)29-21(26)15-20-22(27)24-13-14-25(20)23(28)19-11-9-18(10-12-19)17-7-5-4-6-8-17/h4-12,16,20H,3,13-15H2,1-2H3,(H,24,27). The number of benzene rings is 2. The summed E-state index contributed by atoms with van der Waals surface area (Å²) in [5, 5.41) is 2.73. The average Bonchev–Trinajstić information content (AvgIpc) is 2.75. The summed E-state index contributed by atoms with van der Waals surface area (Å²) in [7, 11) is 0. The Morgan fingerprint density at radius 2 is 1.76 bits per heavy atom. The highest BCUT2D eigenvalue weighted by molar-refractivity contribution is 5.99. The highest BCUT2D eigenvalue weighted by Gasteiger charge is 2.35. The number of carbonyl (C=O) groups is 3. The van der Waals surface area contributed by atoms with E-state index in [1.807, 2.05) is 49.4 Å². The maximum atomic E-state index is 13.1. The predicted molar refractivity (Wildman–Crippen MR) is 110 cm³/mol. The van der Waals surface area contributed by atoms with Crippen molar-refractivity contribution in [2.24, 2.45) is 0 Å². The third-order valence-corrected chi connectivity index (χ3v) is 5.10. The van der Waals surface area contributed by atoms with Crippen molar-refractivity contribution < 1.29 is 19.1 Å². The molecule has 6 heteroatoms. The van der Waals surface area contributed by atoms with E-state index in [2.05, 4.69) is 5.32 Å². The second kappa shape index (κ2) is 9.37. The van der Waals surface area contributed by atoms with E-state index in [1.54, 1.807) is 19.1 Å². The molecule has 0 aromatic heterocycles. The highest BCUT2D eigenvalue weighted by atomic mass is 16.5. The Morgan fingerprint density at radius 3 is 2.41 bits per heavy atom. The molecule has 1 N–H and O–H groups in total. The Hall–Kier alpha value is -3.15. The minimum Gasteiger partial charge on any atom is -0.463 e. The number of rotatable bonds is 6. The number of esters is 1. The molecule has 3 rings (SSSR count). The van der Waals surface area contributed by atoms with Crippen LogP contribution in [0.15, 0.2) is 54.6 Å². The minimum atomic E-state index is -0.860. The van der Waals surface area contributed by atoms with E-state index in [4.69, 9.17) is 4.74 Å². The molecule has 152 valence electrons. The molecule has 29 heavy (non-hydrogen) atoms. The van der Waals surface area contributed by atoms with Crippen molar-refractivity contribution in [1.82, 2.24) is 10.2 Å². The summed E-state index contributed by atoms with van der Waals surface area (Å²) in [4.78, 5) is 39.1. The number of piperazine rings is 1. The van der Waals surface area contributed by atoms with Crippen molar-refractivity contribution >= 4 is 17.8 Å². The summed E-state index contributed by atoms with van der Waals surface area (Å²) in [6.07, 6.45) is 0.326. The Kier molecular flexibility index (Phi) is 6.65. The van der Waals surface area contributed by atoms with Gasteiger partial charge in [-0.1, -0.05) is 49.4 Å². The molecule has 2 aromatic carbocycles. The van der Waals surface area contributed by atoms with Crippen LogP contribution in [0.4, 0.5) is 0 Å². The van der Waals surface area contributed by atoms with Gasteiger partial charge in [0.2, 0.25) is 5.91 Å². The van der Waals surface area contributed by atoms with Gasteiger partial charge in [-0.15, -0.1) is 0 Å². The Labute approximate surface area is 170 Å². The number of nitrogens with zero attached hydrogens (tertiary/aromatic N) is 1. The van der Waals surface area contributed by atoms with Crippen molar-refractivity contribution in [2.75, 3.05) is 13.1 Å². The quantitative estimate of drug-likeness (QED) is 0.764. The van der Waals surface area contributed by atoms with Gasteiger partial charge in [0.15, 0.2) is 0 Å². The van der Waals surface area contributed by atoms with E-state index in [-0.39, 0.29) is 24.3 Å². The molecule has 2 atom stereocenters. The van der Waals surface area contributed by atoms with Crippen LogP contribution in [-0.2, 0) is 14.3 Å². The topological polar surface area (TPSA) is 75.7 Å². The highest BCUT2D eigenvalue weighted by Crippen LogP contribution is 2.21. The first-order valence-electron chi connectivity index (χ1n) is 9.93. The smallest absolute Gasteiger partial charge is 0.308 e. The fraction of sp³-hybridized carbons (Fsp3) is 0.348. The molecule has 0 radical (unpaired) electrons. The monoisotopic (exact) mass is 394 g/mol. The van der Waals surface area contributed by atoms with Crippen LogP contribution in [0, 0.1) is 0 Å². The minimum absolute atomic E-state index is 0.149. The van der Waals surface area contributed by atoms with Gasteiger partial charge in [-0.25, -0.2) is 0 Å². The molecule has 1 saturated heterocycles. The molecular formula is C23H26N2O4. The maximum absolute atomic E-state index is 13.1. The molecule has 1 aliphatic rings. The van der Waals surface area contributed by atoms with E-state index in [0.717, 1.165) is 11.1 Å². The predicted octanol–water partition coefficient (Wildman–Crippen LogP) is 3.03. The second-order valence-corrected chi connectivity index (χ2v) is 7.16. The number of hydrogen-bond acceptors (Lipinski definition) is 4. The van der Waals surface area contributed by atoms with Crippen molar-refractivity contribution in [3.63, 3.8) is 0 Å². The lowest BCUT2D eigenvalue weighted by Gasteiger charge is -2.34. The Bertz CT molecular complexity index is 864. The van der Waals surface area contributed by atoms with Crippen molar-refractivity contribution in [3.8, 4) is 11.1 Å². The summed E-state index contributed by atoms with van der Waals surface area (Å²) in [5.41, 5.74) is 2.56. The molecule has 1 aliphatic heterocycles. The van der Waals surface area contributed by atoms with Crippen LogP contribution in [0.1, 0.15) is 37.0 Å². The molecule has 1 fully saturated rings. The number of carbonyl (C=O) groups excluding carboxylic acids is 3. The van der Waals surface area contributed by atoms with Crippen molar-refractivity contribution in [2.45, 2.75) is 38.8 Å². The lowest BCUT2D eigenvalue weighted by atomic mass is 10.0. The Morgan fingerprint density at radius 1 is 1.10 bits per heavy atom. The largest absolute Gasteiger partial charge is 0.463 e. The van der Waals surface area contributed by atoms with E-state index < -0.39 is 12.0 Å². The second-order valence-electron chi connectivity index (χ2n) is 7.16. The van der Waals surface area contributed by atoms with Gasteiger partial charge in [0.05, 0.1) is 12.5 Å². The Balaban J connectivity index is 1.75. The van der Waals surface area contributed by atoms with Crippen LogP contribution in [-0.4, -0.2) is 47.9 Å². The zero-order chi connectivity index (χ0) is 20.8. The number of amides is 2. The molecule has 0 spiro atoms. The summed E-state index contributed by atoms with van der Waals surface area (Å²) in [6, 6.07) is 16.3. The van der Waals surface area contributed by atoms with E-state index in [9.17, 15) is 14.4 Å². The third kappa shape index (κ3) is 5.02. The van der Waals surface area contributed by atoms with E-state index >= 15 is 0 Å². The van der Waals surface area contributed by atoms with Gasteiger partial charge in [0, 0.05) is 18.7 Å². The lowest BCUT2D eigenvalue weighted by molar-refractivity contribution is -0.151. The summed E-state index contributed by atoms with van der Waals surface area (Å²) in [5.74, 6) is -1.06.